The number of aliphatic hydroxyl groups excluding tert-OH is 1. The van der Waals surface area contributed by atoms with Gasteiger partial charge in [0.05, 0.1) is 0 Å². The second-order valence-corrected chi connectivity index (χ2v) is 7.61. The summed E-state index contributed by atoms with van der Waals surface area (Å²) in [6.45, 7) is 10.3. The van der Waals surface area contributed by atoms with E-state index in [1.54, 1.807) is 6.07 Å². The van der Waals surface area contributed by atoms with Crippen molar-refractivity contribution in [3.63, 3.8) is 0 Å². The fourth-order valence-electron chi connectivity index (χ4n) is 2.45. The Morgan fingerprint density at radius 1 is 1.35 bits per heavy atom. The van der Waals surface area contributed by atoms with E-state index < -0.39 is 0 Å². The highest BCUT2D eigenvalue weighted by Crippen LogP contribution is 2.27. The van der Waals surface area contributed by atoms with Crippen LogP contribution in [0.5, 0.6) is 0 Å². The highest BCUT2D eigenvalue weighted by molar-refractivity contribution is 7.12. The minimum absolute atomic E-state index is 0.100. The van der Waals surface area contributed by atoms with Crippen molar-refractivity contribution in [2.24, 2.45) is 5.41 Å². The number of carbonyl (C=O) groups is 1. The molecule has 1 rings (SSSR count). The van der Waals surface area contributed by atoms with Gasteiger partial charge in [-0.2, -0.15) is 0 Å². The normalized spacial score (nSPS) is 11.7. The van der Waals surface area contributed by atoms with Crippen molar-refractivity contribution >= 4 is 17.2 Å². The molecule has 0 atom stereocenters. The average molecular weight is 293 g/mol. The number of thiophene rings is 1. The quantitative estimate of drug-likeness (QED) is 0.842. The molecule has 0 bridgehead atoms. The minimum atomic E-state index is -0.277. The first-order valence-corrected chi connectivity index (χ1v) is 7.52. The summed E-state index contributed by atoms with van der Waals surface area (Å²) in [5, 5.41) is 13.7. The second kappa shape index (κ2) is 6.43. The van der Waals surface area contributed by atoms with Gasteiger partial charge in [-0.1, -0.05) is 32.6 Å². The fourth-order valence-corrected chi connectivity index (χ4v) is 3.20. The largest absolute Gasteiger partial charge is 0.384 e. The van der Waals surface area contributed by atoms with E-state index in [0.29, 0.717) is 10.4 Å². The van der Waals surface area contributed by atoms with Gasteiger partial charge in [-0.05, 0) is 37.1 Å². The molecule has 0 unspecified atom stereocenters. The zero-order valence-electron chi connectivity index (χ0n) is 12.8. The van der Waals surface area contributed by atoms with E-state index in [1.807, 2.05) is 19.2 Å². The van der Waals surface area contributed by atoms with Crippen molar-refractivity contribution < 1.29 is 9.90 Å². The lowest BCUT2D eigenvalue weighted by Gasteiger charge is -2.33. The standard InChI is InChI=1S/C16H23NO2S/c1-15(2,3)11-16(4,5)17-14(19)13-12(7-6-9-18)8-10-20-13/h8,10,18H,9,11H2,1-5H3,(H,17,19). The lowest BCUT2D eigenvalue weighted by atomic mass is 9.82. The van der Waals surface area contributed by atoms with Gasteiger partial charge in [0, 0.05) is 11.1 Å². The number of carbonyl (C=O) groups excluding carboxylic acids is 1. The van der Waals surface area contributed by atoms with Crippen molar-refractivity contribution in [1.82, 2.24) is 5.32 Å². The smallest absolute Gasteiger partial charge is 0.263 e. The molecule has 1 heterocycles. The molecule has 20 heavy (non-hydrogen) atoms. The van der Waals surface area contributed by atoms with Crippen molar-refractivity contribution in [2.75, 3.05) is 6.61 Å². The van der Waals surface area contributed by atoms with Crippen LogP contribution >= 0.6 is 11.3 Å². The van der Waals surface area contributed by atoms with Gasteiger partial charge in [-0.3, -0.25) is 4.79 Å². The average Bonchev–Trinajstić information content (AvgIpc) is 2.69. The number of hydrogen-bond donors (Lipinski definition) is 2. The van der Waals surface area contributed by atoms with E-state index in [4.69, 9.17) is 5.11 Å². The van der Waals surface area contributed by atoms with Gasteiger partial charge in [0.1, 0.15) is 11.5 Å². The molecular formula is C16H23NO2S. The highest BCUT2D eigenvalue weighted by atomic mass is 32.1. The number of hydrogen-bond acceptors (Lipinski definition) is 3. The zero-order chi connectivity index (χ0) is 15.4. The number of rotatable bonds is 3. The van der Waals surface area contributed by atoms with Gasteiger partial charge in [0.25, 0.3) is 5.91 Å². The first-order chi connectivity index (χ1) is 9.14. The summed E-state index contributed by atoms with van der Waals surface area (Å²) in [5.74, 6) is 5.29. The third kappa shape index (κ3) is 5.36. The first-order valence-electron chi connectivity index (χ1n) is 6.64. The Labute approximate surface area is 125 Å². The predicted octanol–water partition coefficient (Wildman–Crippen LogP) is 3.04. The fraction of sp³-hybridized carbons (Fsp3) is 0.562. The van der Waals surface area contributed by atoms with Gasteiger partial charge in [0.2, 0.25) is 0 Å². The zero-order valence-corrected chi connectivity index (χ0v) is 13.6. The van der Waals surface area contributed by atoms with E-state index in [9.17, 15) is 4.79 Å². The van der Waals surface area contributed by atoms with E-state index in [-0.39, 0.29) is 23.5 Å². The van der Waals surface area contributed by atoms with Crippen LogP contribution in [0, 0.1) is 17.3 Å². The van der Waals surface area contributed by atoms with Crippen molar-refractivity contribution in [2.45, 2.75) is 46.6 Å². The molecular weight excluding hydrogens is 270 g/mol. The molecule has 0 saturated heterocycles. The summed E-state index contributed by atoms with van der Waals surface area (Å²) in [4.78, 5) is 13.0. The van der Waals surface area contributed by atoms with E-state index >= 15 is 0 Å². The van der Waals surface area contributed by atoms with Gasteiger partial charge in [0.15, 0.2) is 0 Å². The molecule has 0 spiro atoms. The molecule has 0 saturated carbocycles. The molecule has 1 amide bonds. The Bertz CT molecular complexity index is 527. The van der Waals surface area contributed by atoms with Crippen LogP contribution in [-0.2, 0) is 0 Å². The van der Waals surface area contributed by atoms with E-state index in [0.717, 1.165) is 6.42 Å². The van der Waals surface area contributed by atoms with Gasteiger partial charge < -0.3 is 10.4 Å². The Balaban J connectivity index is 2.84. The Hall–Kier alpha value is -1.31. The third-order valence-corrected chi connectivity index (χ3v) is 3.51. The number of nitrogens with one attached hydrogen (secondary N) is 1. The van der Waals surface area contributed by atoms with Gasteiger partial charge >= 0.3 is 0 Å². The minimum Gasteiger partial charge on any atom is -0.384 e. The predicted molar refractivity (Wildman–Crippen MR) is 83.9 cm³/mol. The maximum atomic E-state index is 12.4. The van der Waals surface area contributed by atoms with Crippen LogP contribution < -0.4 is 5.32 Å². The highest BCUT2D eigenvalue weighted by Gasteiger charge is 2.28. The summed E-state index contributed by atoms with van der Waals surface area (Å²) < 4.78 is 0. The molecule has 0 aromatic carbocycles. The number of amides is 1. The van der Waals surface area contributed by atoms with E-state index in [1.165, 1.54) is 11.3 Å². The molecule has 0 aliphatic rings. The SMILES string of the molecule is CC(C)(C)CC(C)(C)NC(=O)c1sccc1C#CCO. The molecule has 2 N–H and O–H groups in total. The topological polar surface area (TPSA) is 49.3 Å². The van der Waals surface area contributed by atoms with Crippen molar-refractivity contribution in [3.05, 3.63) is 21.9 Å². The van der Waals surface area contributed by atoms with Crippen LogP contribution in [0.3, 0.4) is 0 Å². The summed E-state index contributed by atoms with van der Waals surface area (Å²) in [5.41, 5.74) is 0.542. The summed E-state index contributed by atoms with van der Waals surface area (Å²) in [7, 11) is 0. The van der Waals surface area contributed by atoms with E-state index in [2.05, 4.69) is 37.9 Å². The van der Waals surface area contributed by atoms with Gasteiger partial charge in [-0.15, -0.1) is 11.3 Å². The van der Waals surface area contributed by atoms with Crippen molar-refractivity contribution in [3.8, 4) is 11.8 Å². The Kier molecular flexibility index (Phi) is 5.38. The first kappa shape index (κ1) is 16.7. The molecule has 0 aliphatic carbocycles. The number of aliphatic hydroxyl groups is 1. The van der Waals surface area contributed by atoms with Crippen LogP contribution in [0.25, 0.3) is 0 Å². The third-order valence-electron chi connectivity index (χ3n) is 2.60. The maximum Gasteiger partial charge on any atom is 0.263 e. The van der Waals surface area contributed by atoms with Crippen LogP contribution in [0.2, 0.25) is 0 Å². The molecule has 1 aromatic heterocycles. The summed E-state index contributed by atoms with van der Waals surface area (Å²) >= 11 is 1.37. The Morgan fingerprint density at radius 3 is 2.55 bits per heavy atom. The van der Waals surface area contributed by atoms with Crippen LogP contribution in [0.15, 0.2) is 11.4 Å². The second-order valence-electron chi connectivity index (χ2n) is 6.70. The monoisotopic (exact) mass is 293 g/mol. The van der Waals surface area contributed by atoms with Crippen LogP contribution in [-0.4, -0.2) is 23.2 Å². The molecule has 110 valence electrons. The molecule has 1 aromatic rings. The molecule has 4 heteroatoms. The van der Waals surface area contributed by atoms with Crippen LogP contribution in [0.4, 0.5) is 0 Å². The summed E-state index contributed by atoms with van der Waals surface area (Å²) in [6.07, 6.45) is 0.884. The van der Waals surface area contributed by atoms with Crippen LogP contribution in [0.1, 0.15) is 56.3 Å². The molecule has 3 nitrogen and oxygen atoms in total. The van der Waals surface area contributed by atoms with Gasteiger partial charge in [-0.25, -0.2) is 0 Å². The summed E-state index contributed by atoms with van der Waals surface area (Å²) in [6, 6.07) is 1.80. The maximum absolute atomic E-state index is 12.4. The molecule has 0 aliphatic heterocycles. The Morgan fingerprint density at radius 2 is 2.00 bits per heavy atom. The lowest BCUT2D eigenvalue weighted by Crippen LogP contribution is -2.45. The van der Waals surface area contributed by atoms with Crippen molar-refractivity contribution in [1.29, 1.82) is 0 Å². The molecule has 0 radical (unpaired) electrons. The lowest BCUT2D eigenvalue weighted by molar-refractivity contribution is 0.0895. The molecule has 0 fully saturated rings.